The lowest BCUT2D eigenvalue weighted by Gasteiger charge is -2.33. The summed E-state index contributed by atoms with van der Waals surface area (Å²) >= 11 is 0. The van der Waals surface area contributed by atoms with Gasteiger partial charge < -0.3 is 15.5 Å². The molecule has 1 heterocycles. The van der Waals surface area contributed by atoms with Crippen LogP contribution in [-0.2, 0) is 0 Å². The van der Waals surface area contributed by atoms with Gasteiger partial charge in [-0.2, -0.15) is 0 Å². The zero-order valence-electron chi connectivity index (χ0n) is 16.9. The number of hydrogen-bond donors (Lipinski definition) is 2. The van der Waals surface area contributed by atoms with Crippen molar-refractivity contribution in [1.82, 2.24) is 20.4 Å². The van der Waals surface area contributed by atoms with Gasteiger partial charge in [-0.15, -0.1) is 24.0 Å². The highest BCUT2D eigenvalue weighted by Gasteiger charge is 2.33. The number of nitrogens with one attached hydrogen (secondary N) is 2. The van der Waals surface area contributed by atoms with Crippen molar-refractivity contribution in [2.75, 3.05) is 46.3 Å². The fourth-order valence-corrected chi connectivity index (χ4v) is 4.01. The Hall–Kier alpha value is -0.0800. The van der Waals surface area contributed by atoms with Crippen molar-refractivity contribution in [3.8, 4) is 0 Å². The van der Waals surface area contributed by atoms with Gasteiger partial charge in [-0.3, -0.25) is 9.89 Å². The molecule has 3 fully saturated rings. The molecule has 26 heavy (non-hydrogen) atoms. The molecule has 3 aliphatic rings. The topological polar surface area (TPSA) is 42.9 Å². The largest absolute Gasteiger partial charge is 0.356 e. The number of hydrogen-bond acceptors (Lipinski definition) is 3. The molecule has 5 nitrogen and oxygen atoms in total. The Kier molecular flexibility index (Phi) is 9.99. The van der Waals surface area contributed by atoms with Gasteiger partial charge in [-0.1, -0.05) is 6.42 Å². The average molecular weight is 477 g/mol. The van der Waals surface area contributed by atoms with Crippen LogP contribution in [0.5, 0.6) is 0 Å². The number of guanidine groups is 1. The molecular weight excluding hydrogens is 437 g/mol. The molecule has 1 atom stereocenters. The zero-order chi connectivity index (χ0) is 17.5. The molecule has 0 aromatic carbocycles. The SMILES string of the molecule is CN=C(NCCCN1CCCCC1C)NCCN(CC1CC1)C1CC1.I. The molecule has 0 radical (unpaired) electrons. The van der Waals surface area contributed by atoms with Crippen molar-refractivity contribution < 1.29 is 0 Å². The first-order chi connectivity index (χ1) is 12.3. The second-order valence-electron chi connectivity index (χ2n) is 8.33. The minimum Gasteiger partial charge on any atom is -0.356 e. The van der Waals surface area contributed by atoms with Crippen molar-refractivity contribution in [2.24, 2.45) is 10.9 Å². The summed E-state index contributed by atoms with van der Waals surface area (Å²) in [6, 6.07) is 1.65. The van der Waals surface area contributed by atoms with Crippen molar-refractivity contribution in [3.05, 3.63) is 0 Å². The van der Waals surface area contributed by atoms with Crippen LogP contribution in [0.1, 0.15) is 58.3 Å². The standard InChI is InChI=1S/C20H39N5.HI/c1-17-6-3-4-13-24(17)14-5-11-22-20(21-2)23-12-15-25(19-9-10-19)16-18-7-8-18;/h17-19H,3-16H2,1-2H3,(H2,21,22,23);1H. The van der Waals surface area contributed by atoms with Crippen LogP contribution in [0, 0.1) is 5.92 Å². The molecule has 1 unspecified atom stereocenters. The number of aliphatic imine (C=N–C) groups is 1. The first kappa shape index (κ1) is 22.2. The Morgan fingerprint density at radius 3 is 2.50 bits per heavy atom. The summed E-state index contributed by atoms with van der Waals surface area (Å²) in [7, 11) is 1.88. The second-order valence-corrected chi connectivity index (χ2v) is 8.33. The van der Waals surface area contributed by atoms with E-state index in [4.69, 9.17) is 0 Å². The van der Waals surface area contributed by atoms with Crippen molar-refractivity contribution >= 4 is 29.9 Å². The van der Waals surface area contributed by atoms with E-state index in [2.05, 4.69) is 32.3 Å². The van der Waals surface area contributed by atoms with E-state index in [9.17, 15) is 0 Å². The van der Waals surface area contributed by atoms with Crippen LogP contribution < -0.4 is 10.6 Å². The van der Waals surface area contributed by atoms with Crippen LogP contribution in [0.15, 0.2) is 4.99 Å². The molecule has 0 spiro atoms. The van der Waals surface area contributed by atoms with E-state index < -0.39 is 0 Å². The van der Waals surface area contributed by atoms with E-state index in [1.807, 2.05) is 7.05 Å². The minimum absolute atomic E-state index is 0. The summed E-state index contributed by atoms with van der Waals surface area (Å²) < 4.78 is 0. The highest BCUT2D eigenvalue weighted by Crippen LogP contribution is 2.34. The van der Waals surface area contributed by atoms with E-state index in [0.29, 0.717) is 0 Å². The highest BCUT2D eigenvalue weighted by atomic mass is 127. The molecule has 2 aliphatic carbocycles. The molecule has 2 saturated carbocycles. The Balaban J connectivity index is 0.00000243. The van der Waals surface area contributed by atoms with Gasteiger partial charge in [0.15, 0.2) is 5.96 Å². The van der Waals surface area contributed by atoms with Gasteiger partial charge in [-0.05, 0) is 64.3 Å². The number of halogens is 1. The predicted octanol–water partition coefficient (Wildman–Crippen LogP) is 2.91. The smallest absolute Gasteiger partial charge is 0.191 e. The maximum atomic E-state index is 4.38. The first-order valence-corrected chi connectivity index (χ1v) is 10.7. The van der Waals surface area contributed by atoms with E-state index in [1.165, 1.54) is 71.0 Å². The summed E-state index contributed by atoms with van der Waals surface area (Å²) in [4.78, 5) is 9.73. The summed E-state index contributed by atoms with van der Waals surface area (Å²) in [6.45, 7) is 9.37. The predicted molar refractivity (Wildman–Crippen MR) is 122 cm³/mol. The van der Waals surface area contributed by atoms with Crippen molar-refractivity contribution in [3.63, 3.8) is 0 Å². The Bertz CT molecular complexity index is 422. The molecule has 0 aromatic heterocycles. The summed E-state index contributed by atoms with van der Waals surface area (Å²) in [5.74, 6) is 1.96. The molecule has 152 valence electrons. The number of likely N-dealkylation sites (tertiary alicyclic amines) is 1. The minimum atomic E-state index is 0. The van der Waals surface area contributed by atoms with E-state index in [0.717, 1.165) is 43.6 Å². The normalized spacial score (nSPS) is 24.4. The third-order valence-electron chi connectivity index (χ3n) is 6.02. The molecule has 0 aromatic rings. The molecule has 2 N–H and O–H groups in total. The third kappa shape index (κ3) is 7.89. The highest BCUT2D eigenvalue weighted by molar-refractivity contribution is 14.0. The van der Waals surface area contributed by atoms with Crippen LogP contribution in [0.4, 0.5) is 0 Å². The molecular formula is C20H40IN5. The number of piperidine rings is 1. The zero-order valence-corrected chi connectivity index (χ0v) is 19.2. The first-order valence-electron chi connectivity index (χ1n) is 10.7. The van der Waals surface area contributed by atoms with Crippen molar-refractivity contribution in [2.45, 2.75) is 70.4 Å². The van der Waals surface area contributed by atoms with Gasteiger partial charge in [0.25, 0.3) is 0 Å². The van der Waals surface area contributed by atoms with Gasteiger partial charge >= 0.3 is 0 Å². The van der Waals surface area contributed by atoms with Crippen LogP contribution in [0.25, 0.3) is 0 Å². The quantitative estimate of drug-likeness (QED) is 0.220. The third-order valence-corrected chi connectivity index (χ3v) is 6.02. The lowest BCUT2D eigenvalue weighted by atomic mass is 10.0. The van der Waals surface area contributed by atoms with E-state index in [1.54, 1.807) is 0 Å². The lowest BCUT2D eigenvalue weighted by molar-refractivity contribution is 0.159. The van der Waals surface area contributed by atoms with Crippen LogP contribution in [-0.4, -0.2) is 74.2 Å². The Morgan fingerprint density at radius 2 is 1.85 bits per heavy atom. The molecule has 1 saturated heterocycles. The summed E-state index contributed by atoms with van der Waals surface area (Å²) in [6.07, 6.45) is 11.1. The maximum absolute atomic E-state index is 4.38. The second kappa shape index (κ2) is 11.7. The van der Waals surface area contributed by atoms with E-state index in [-0.39, 0.29) is 24.0 Å². The fourth-order valence-electron chi connectivity index (χ4n) is 4.01. The Morgan fingerprint density at radius 1 is 1.08 bits per heavy atom. The molecule has 1 aliphatic heterocycles. The van der Waals surface area contributed by atoms with E-state index >= 15 is 0 Å². The summed E-state index contributed by atoms with van der Waals surface area (Å²) in [5.41, 5.74) is 0. The lowest BCUT2D eigenvalue weighted by Crippen LogP contribution is -2.44. The van der Waals surface area contributed by atoms with Gasteiger partial charge in [0, 0.05) is 51.9 Å². The molecule has 3 rings (SSSR count). The van der Waals surface area contributed by atoms with Crippen molar-refractivity contribution in [1.29, 1.82) is 0 Å². The monoisotopic (exact) mass is 477 g/mol. The van der Waals surface area contributed by atoms with Crippen LogP contribution in [0.2, 0.25) is 0 Å². The van der Waals surface area contributed by atoms with Gasteiger partial charge in [0.1, 0.15) is 0 Å². The number of rotatable bonds is 10. The molecule has 0 amide bonds. The Labute approximate surface area is 177 Å². The van der Waals surface area contributed by atoms with Crippen LogP contribution in [0.3, 0.4) is 0 Å². The summed E-state index contributed by atoms with van der Waals surface area (Å²) in [5, 5.41) is 7.00. The van der Waals surface area contributed by atoms with Gasteiger partial charge in [0.2, 0.25) is 0 Å². The number of nitrogens with zero attached hydrogens (tertiary/aromatic N) is 3. The molecule has 6 heteroatoms. The van der Waals surface area contributed by atoms with Gasteiger partial charge in [0.05, 0.1) is 0 Å². The van der Waals surface area contributed by atoms with Gasteiger partial charge in [-0.25, -0.2) is 0 Å². The fraction of sp³-hybridized carbons (Fsp3) is 0.950. The van der Waals surface area contributed by atoms with Crippen LogP contribution >= 0.6 is 24.0 Å². The average Bonchev–Trinajstić information content (AvgIpc) is 3.51. The maximum Gasteiger partial charge on any atom is 0.191 e. The molecule has 0 bridgehead atoms.